The number of aldehydes is 1. The lowest BCUT2D eigenvalue weighted by molar-refractivity contribution is -0.127. The van der Waals surface area contributed by atoms with Gasteiger partial charge in [-0.1, -0.05) is 213 Å². The lowest BCUT2D eigenvalue weighted by atomic mass is 9.94. The van der Waals surface area contributed by atoms with Crippen LogP contribution < -0.4 is 0 Å². The molecule has 0 spiro atoms. The van der Waals surface area contributed by atoms with Gasteiger partial charge >= 0.3 is 0 Å². The number of carbonyl (C=O) groups excluding carboxylic acids is 2. The lowest BCUT2D eigenvalue weighted by Crippen LogP contribution is -2.15. The van der Waals surface area contributed by atoms with Gasteiger partial charge in [-0.25, -0.2) is 0 Å². The maximum Gasteiger partial charge on any atom is 0.143 e. The third-order valence-electron chi connectivity index (χ3n) is 9.22. The van der Waals surface area contributed by atoms with Crippen LogP contribution in [-0.4, -0.2) is 12.1 Å². The van der Waals surface area contributed by atoms with Crippen LogP contribution >= 0.6 is 0 Å². The Labute approximate surface area is 259 Å². The fourth-order valence-electron chi connectivity index (χ4n) is 6.25. The zero-order chi connectivity index (χ0) is 29.9. The number of unbranched alkanes of at least 4 members (excludes halogenated alkanes) is 30. The predicted molar refractivity (Wildman–Crippen MR) is 183 cm³/mol. The smallest absolute Gasteiger partial charge is 0.143 e. The highest BCUT2D eigenvalue weighted by Crippen LogP contribution is 2.18. The van der Waals surface area contributed by atoms with Gasteiger partial charge in [0.05, 0.1) is 5.92 Å². The summed E-state index contributed by atoms with van der Waals surface area (Å²) < 4.78 is 0. The zero-order valence-electron chi connectivity index (χ0n) is 28.5. The summed E-state index contributed by atoms with van der Waals surface area (Å²) in [4.78, 5) is 24.0. The van der Waals surface area contributed by atoms with Crippen LogP contribution in [0.1, 0.15) is 232 Å². The molecule has 244 valence electrons. The van der Waals surface area contributed by atoms with E-state index in [2.05, 4.69) is 13.8 Å². The average molecular weight is 577 g/mol. The van der Waals surface area contributed by atoms with Crippen molar-refractivity contribution in [3.8, 4) is 0 Å². The Balaban J connectivity index is 3.38. The van der Waals surface area contributed by atoms with Crippen LogP contribution in [-0.2, 0) is 9.59 Å². The van der Waals surface area contributed by atoms with E-state index in [1.165, 1.54) is 186 Å². The van der Waals surface area contributed by atoms with Crippen molar-refractivity contribution in [3.63, 3.8) is 0 Å². The van der Waals surface area contributed by atoms with E-state index in [4.69, 9.17) is 0 Å². The molecule has 0 rings (SSSR count). The van der Waals surface area contributed by atoms with Crippen molar-refractivity contribution in [2.75, 3.05) is 0 Å². The first kappa shape index (κ1) is 40.3. The molecule has 0 aliphatic rings. The first-order valence-electron chi connectivity index (χ1n) is 19.2. The summed E-state index contributed by atoms with van der Waals surface area (Å²) in [5.74, 6) is -0.135. The SMILES string of the molecule is CCCCCCCCCCCCCCCCCCCC(=O)C(C=O)CCCCCCCCCCCCCCCCC. The molecule has 1 atom stereocenters. The maximum absolute atomic E-state index is 12.5. The van der Waals surface area contributed by atoms with Crippen molar-refractivity contribution in [1.82, 2.24) is 0 Å². The van der Waals surface area contributed by atoms with Crippen molar-refractivity contribution in [1.29, 1.82) is 0 Å². The minimum atomic E-state index is -0.335. The van der Waals surface area contributed by atoms with E-state index in [0.717, 1.165) is 32.0 Å². The van der Waals surface area contributed by atoms with Crippen LogP contribution in [0.5, 0.6) is 0 Å². The van der Waals surface area contributed by atoms with Crippen LogP contribution in [0.15, 0.2) is 0 Å². The summed E-state index contributed by atoms with van der Waals surface area (Å²) in [7, 11) is 0. The van der Waals surface area contributed by atoms with E-state index in [0.29, 0.717) is 6.42 Å². The zero-order valence-corrected chi connectivity index (χ0v) is 28.5. The Kier molecular flexibility index (Phi) is 35.0. The van der Waals surface area contributed by atoms with E-state index >= 15 is 0 Å². The highest BCUT2D eigenvalue weighted by atomic mass is 16.1. The molecule has 0 amide bonds. The van der Waals surface area contributed by atoms with Gasteiger partial charge in [-0.3, -0.25) is 4.79 Å². The summed E-state index contributed by atoms with van der Waals surface area (Å²) >= 11 is 0. The number of hydrogen-bond donors (Lipinski definition) is 0. The highest BCUT2D eigenvalue weighted by molar-refractivity contribution is 5.93. The van der Waals surface area contributed by atoms with Gasteiger partial charge in [0.1, 0.15) is 12.1 Å². The normalized spacial score (nSPS) is 12.1. The molecule has 2 heteroatoms. The van der Waals surface area contributed by atoms with Crippen molar-refractivity contribution >= 4 is 12.1 Å². The molecule has 1 unspecified atom stereocenters. The second-order valence-electron chi connectivity index (χ2n) is 13.4. The minimum absolute atomic E-state index is 0.200. The molecule has 0 radical (unpaired) electrons. The Morgan fingerprint density at radius 3 is 0.902 bits per heavy atom. The minimum Gasteiger partial charge on any atom is -0.303 e. The van der Waals surface area contributed by atoms with E-state index in [9.17, 15) is 9.59 Å². The van der Waals surface area contributed by atoms with Crippen molar-refractivity contribution in [2.24, 2.45) is 5.92 Å². The van der Waals surface area contributed by atoms with Gasteiger partial charge in [-0.15, -0.1) is 0 Å². The van der Waals surface area contributed by atoms with Crippen LogP contribution in [0.3, 0.4) is 0 Å². The average Bonchev–Trinajstić information content (AvgIpc) is 2.98. The second-order valence-corrected chi connectivity index (χ2v) is 13.4. The summed E-state index contributed by atoms with van der Waals surface area (Å²) in [6.07, 6.45) is 45.6. The molecule has 0 heterocycles. The monoisotopic (exact) mass is 577 g/mol. The van der Waals surface area contributed by atoms with Gasteiger partial charge < -0.3 is 4.79 Å². The molecule has 0 aliphatic heterocycles. The van der Waals surface area contributed by atoms with Crippen LogP contribution in [0.2, 0.25) is 0 Å². The maximum atomic E-state index is 12.5. The van der Waals surface area contributed by atoms with Gasteiger partial charge in [0.25, 0.3) is 0 Å². The van der Waals surface area contributed by atoms with Gasteiger partial charge in [0.2, 0.25) is 0 Å². The molecule has 0 saturated heterocycles. The van der Waals surface area contributed by atoms with Crippen molar-refractivity contribution < 1.29 is 9.59 Å². The molecule has 2 nitrogen and oxygen atoms in total. The number of ketones is 1. The third kappa shape index (κ3) is 32.1. The predicted octanol–water partition coefficient (Wildman–Crippen LogP) is 13.7. The lowest BCUT2D eigenvalue weighted by Gasteiger charge is -2.09. The topological polar surface area (TPSA) is 34.1 Å². The highest BCUT2D eigenvalue weighted by Gasteiger charge is 2.16. The molecule has 0 aromatic heterocycles. The van der Waals surface area contributed by atoms with Crippen molar-refractivity contribution in [3.05, 3.63) is 0 Å². The molecule has 0 fully saturated rings. The van der Waals surface area contributed by atoms with E-state index < -0.39 is 0 Å². The fourth-order valence-corrected chi connectivity index (χ4v) is 6.25. The van der Waals surface area contributed by atoms with E-state index in [1.807, 2.05) is 0 Å². The van der Waals surface area contributed by atoms with Crippen LogP contribution in [0.25, 0.3) is 0 Å². The summed E-state index contributed by atoms with van der Waals surface area (Å²) in [6.45, 7) is 4.57. The molecule has 0 aliphatic carbocycles. The molecule has 0 saturated carbocycles. The standard InChI is InChI=1S/C39H76O2/c1-3-5-7-9-11-13-15-17-19-20-22-24-26-28-30-32-34-36-39(41)38(37-40)35-33-31-29-27-25-23-21-18-16-14-12-10-8-6-4-2/h37-38H,3-36H2,1-2H3. The summed E-state index contributed by atoms with van der Waals surface area (Å²) in [6, 6.07) is 0. The summed E-state index contributed by atoms with van der Waals surface area (Å²) in [5, 5.41) is 0. The van der Waals surface area contributed by atoms with Gasteiger partial charge in [0, 0.05) is 6.42 Å². The molecule has 41 heavy (non-hydrogen) atoms. The molecular formula is C39H76O2. The second kappa shape index (κ2) is 35.5. The third-order valence-corrected chi connectivity index (χ3v) is 9.22. The molecule has 0 bridgehead atoms. The molecular weight excluding hydrogens is 500 g/mol. The van der Waals surface area contributed by atoms with Gasteiger partial charge in [-0.05, 0) is 12.8 Å². The number of rotatable bonds is 36. The first-order chi connectivity index (χ1) is 20.3. The Morgan fingerprint density at radius 1 is 0.390 bits per heavy atom. The van der Waals surface area contributed by atoms with E-state index in [-0.39, 0.29) is 11.7 Å². The Bertz CT molecular complexity index is 514. The summed E-state index contributed by atoms with van der Waals surface area (Å²) in [5.41, 5.74) is 0. The molecule has 0 aromatic rings. The van der Waals surface area contributed by atoms with Crippen LogP contribution in [0, 0.1) is 5.92 Å². The quantitative estimate of drug-likeness (QED) is 0.0422. The molecule has 0 aromatic carbocycles. The largest absolute Gasteiger partial charge is 0.303 e. The Hall–Kier alpha value is -0.660. The molecule has 0 N–H and O–H groups in total. The number of hydrogen-bond acceptors (Lipinski definition) is 2. The van der Waals surface area contributed by atoms with Crippen molar-refractivity contribution in [2.45, 2.75) is 232 Å². The fraction of sp³-hybridized carbons (Fsp3) is 0.949. The number of Topliss-reactive ketones (excluding diaryl/α,β-unsaturated/α-hetero) is 1. The van der Waals surface area contributed by atoms with Gasteiger partial charge in [-0.2, -0.15) is 0 Å². The van der Waals surface area contributed by atoms with E-state index in [1.54, 1.807) is 0 Å². The Morgan fingerprint density at radius 2 is 0.634 bits per heavy atom. The number of carbonyl (C=O) groups is 2. The van der Waals surface area contributed by atoms with Crippen LogP contribution in [0.4, 0.5) is 0 Å². The first-order valence-corrected chi connectivity index (χ1v) is 19.2. The van der Waals surface area contributed by atoms with Gasteiger partial charge in [0.15, 0.2) is 0 Å².